The number of nitrogens with zero attached hydrogens (tertiary/aromatic N) is 2. The molecule has 3 N–H and O–H groups in total. The highest BCUT2D eigenvalue weighted by Crippen LogP contribution is 2.13. The molecule has 0 radical (unpaired) electrons. The molecular formula is C6H7N3O2S. The number of rotatable bonds is 3. The first-order chi connectivity index (χ1) is 5.68. The van der Waals surface area contributed by atoms with Gasteiger partial charge in [0.1, 0.15) is 5.03 Å². The monoisotopic (exact) mass is 185 g/mol. The van der Waals surface area contributed by atoms with Crippen molar-refractivity contribution in [3.63, 3.8) is 0 Å². The van der Waals surface area contributed by atoms with Gasteiger partial charge in [-0.05, 0) is 6.07 Å². The van der Waals surface area contributed by atoms with Crippen LogP contribution in [0.25, 0.3) is 0 Å². The minimum absolute atomic E-state index is 0.0174. The van der Waals surface area contributed by atoms with E-state index in [0.29, 0.717) is 5.03 Å². The standard InChI is InChI=1S/C6H7N3O2S/c7-6-8-2-1-4(9-6)12-3-5(10)11/h1-2H,3H2,(H,10,11)(H2,7,8,9). The summed E-state index contributed by atoms with van der Waals surface area (Å²) < 4.78 is 0. The van der Waals surface area contributed by atoms with E-state index in [1.54, 1.807) is 6.07 Å². The van der Waals surface area contributed by atoms with Crippen LogP contribution in [0, 0.1) is 0 Å². The number of carboxylic acids is 1. The Morgan fingerprint density at radius 3 is 3.08 bits per heavy atom. The van der Waals surface area contributed by atoms with Crippen molar-refractivity contribution in [3.8, 4) is 0 Å². The summed E-state index contributed by atoms with van der Waals surface area (Å²) in [6.07, 6.45) is 1.49. The predicted octanol–water partition coefficient (Wildman–Crippen LogP) is 0.235. The van der Waals surface area contributed by atoms with Crippen LogP contribution in [0.4, 0.5) is 5.95 Å². The normalized spacial score (nSPS) is 9.67. The molecule has 0 aliphatic heterocycles. The first-order valence-electron chi connectivity index (χ1n) is 3.11. The second-order valence-corrected chi connectivity index (χ2v) is 2.93. The Morgan fingerprint density at radius 1 is 1.75 bits per heavy atom. The molecule has 0 aromatic carbocycles. The van der Waals surface area contributed by atoms with E-state index in [2.05, 4.69) is 9.97 Å². The van der Waals surface area contributed by atoms with Gasteiger partial charge in [0.25, 0.3) is 0 Å². The number of thioether (sulfide) groups is 1. The molecule has 0 amide bonds. The van der Waals surface area contributed by atoms with E-state index in [0.717, 1.165) is 11.8 Å². The molecule has 1 heterocycles. The molecule has 0 fully saturated rings. The average molecular weight is 185 g/mol. The third-order valence-corrected chi connectivity index (χ3v) is 1.91. The summed E-state index contributed by atoms with van der Waals surface area (Å²) in [7, 11) is 0. The van der Waals surface area contributed by atoms with Crippen LogP contribution >= 0.6 is 11.8 Å². The van der Waals surface area contributed by atoms with E-state index in [9.17, 15) is 4.79 Å². The Bertz CT molecular complexity index is 292. The summed E-state index contributed by atoms with van der Waals surface area (Å²) in [5.74, 6) is -0.737. The Kier molecular flexibility index (Phi) is 2.87. The van der Waals surface area contributed by atoms with Crippen molar-refractivity contribution in [3.05, 3.63) is 12.3 Å². The van der Waals surface area contributed by atoms with Gasteiger partial charge in [0.15, 0.2) is 0 Å². The van der Waals surface area contributed by atoms with Crippen LogP contribution in [0.3, 0.4) is 0 Å². The zero-order chi connectivity index (χ0) is 8.97. The third kappa shape index (κ3) is 2.75. The van der Waals surface area contributed by atoms with Gasteiger partial charge in [0, 0.05) is 6.20 Å². The van der Waals surface area contributed by atoms with Crippen molar-refractivity contribution < 1.29 is 9.90 Å². The van der Waals surface area contributed by atoms with E-state index < -0.39 is 5.97 Å². The van der Waals surface area contributed by atoms with Gasteiger partial charge >= 0.3 is 5.97 Å². The van der Waals surface area contributed by atoms with Gasteiger partial charge in [-0.2, -0.15) is 0 Å². The van der Waals surface area contributed by atoms with Crippen molar-refractivity contribution in [2.24, 2.45) is 0 Å². The van der Waals surface area contributed by atoms with Gasteiger partial charge < -0.3 is 10.8 Å². The fourth-order valence-corrected chi connectivity index (χ4v) is 1.16. The summed E-state index contributed by atoms with van der Waals surface area (Å²) in [5.41, 5.74) is 5.28. The second kappa shape index (κ2) is 3.91. The van der Waals surface area contributed by atoms with E-state index in [1.807, 2.05) is 0 Å². The smallest absolute Gasteiger partial charge is 0.313 e. The molecule has 1 aromatic heterocycles. The quantitative estimate of drug-likeness (QED) is 0.517. The topological polar surface area (TPSA) is 89.1 Å². The van der Waals surface area contributed by atoms with Crippen LogP contribution in [0.5, 0.6) is 0 Å². The first kappa shape index (κ1) is 8.79. The van der Waals surface area contributed by atoms with Crippen LogP contribution in [-0.2, 0) is 4.79 Å². The van der Waals surface area contributed by atoms with Gasteiger partial charge in [-0.3, -0.25) is 4.79 Å². The lowest BCUT2D eigenvalue weighted by molar-refractivity contribution is -0.133. The fraction of sp³-hybridized carbons (Fsp3) is 0.167. The maximum atomic E-state index is 10.2. The lowest BCUT2D eigenvalue weighted by Gasteiger charge is -1.96. The summed E-state index contributed by atoms with van der Waals surface area (Å²) >= 11 is 1.11. The molecule has 0 aliphatic rings. The molecule has 5 nitrogen and oxygen atoms in total. The molecule has 0 atom stereocenters. The molecule has 0 saturated carbocycles. The molecule has 0 spiro atoms. The van der Waals surface area contributed by atoms with Crippen LogP contribution in [0.15, 0.2) is 17.3 Å². The second-order valence-electron chi connectivity index (χ2n) is 1.94. The van der Waals surface area contributed by atoms with Gasteiger partial charge in [0.2, 0.25) is 5.95 Å². The van der Waals surface area contributed by atoms with Crippen molar-refractivity contribution in [1.29, 1.82) is 0 Å². The highest BCUT2D eigenvalue weighted by Gasteiger charge is 2.00. The number of carbonyl (C=O) groups is 1. The summed E-state index contributed by atoms with van der Waals surface area (Å²) in [4.78, 5) is 17.6. The largest absolute Gasteiger partial charge is 0.481 e. The fourth-order valence-electron chi connectivity index (χ4n) is 0.572. The number of aliphatic carboxylic acids is 1. The van der Waals surface area contributed by atoms with Crippen molar-refractivity contribution >= 4 is 23.7 Å². The number of hydrogen-bond acceptors (Lipinski definition) is 5. The minimum Gasteiger partial charge on any atom is -0.481 e. The number of carboxylic acid groups (broad SMARTS) is 1. The lowest BCUT2D eigenvalue weighted by atomic mass is 10.7. The van der Waals surface area contributed by atoms with Gasteiger partial charge in [-0.1, -0.05) is 11.8 Å². The molecule has 1 aromatic rings. The number of nitrogens with two attached hydrogens (primary N) is 1. The van der Waals surface area contributed by atoms with Crippen molar-refractivity contribution in [2.75, 3.05) is 11.5 Å². The Labute approximate surface area is 73.0 Å². The SMILES string of the molecule is Nc1nccc(SCC(=O)O)n1. The summed E-state index contributed by atoms with van der Waals surface area (Å²) in [6.45, 7) is 0. The Hall–Kier alpha value is -1.30. The first-order valence-corrected chi connectivity index (χ1v) is 4.10. The Morgan fingerprint density at radius 2 is 2.50 bits per heavy atom. The van der Waals surface area contributed by atoms with Gasteiger partial charge in [-0.25, -0.2) is 9.97 Å². The minimum atomic E-state index is -0.878. The molecule has 0 saturated heterocycles. The Balaban J connectivity index is 2.57. The number of aromatic nitrogens is 2. The van der Waals surface area contributed by atoms with Crippen LogP contribution < -0.4 is 5.73 Å². The van der Waals surface area contributed by atoms with Crippen LogP contribution in [0.2, 0.25) is 0 Å². The van der Waals surface area contributed by atoms with E-state index in [4.69, 9.17) is 10.8 Å². The maximum Gasteiger partial charge on any atom is 0.313 e. The molecule has 64 valence electrons. The third-order valence-electron chi connectivity index (χ3n) is 0.992. The van der Waals surface area contributed by atoms with E-state index >= 15 is 0 Å². The maximum absolute atomic E-state index is 10.2. The highest BCUT2D eigenvalue weighted by atomic mass is 32.2. The molecule has 0 unspecified atom stereocenters. The van der Waals surface area contributed by atoms with Crippen molar-refractivity contribution in [1.82, 2.24) is 9.97 Å². The number of hydrogen-bond donors (Lipinski definition) is 2. The number of anilines is 1. The van der Waals surface area contributed by atoms with E-state index in [-0.39, 0.29) is 11.7 Å². The molecule has 12 heavy (non-hydrogen) atoms. The van der Waals surface area contributed by atoms with Crippen molar-refractivity contribution in [2.45, 2.75) is 5.03 Å². The molecule has 1 rings (SSSR count). The predicted molar refractivity (Wildman–Crippen MR) is 44.8 cm³/mol. The summed E-state index contributed by atoms with van der Waals surface area (Å²) in [5, 5.41) is 8.92. The van der Waals surface area contributed by atoms with Crippen LogP contribution in [0.1, 0.15) is 0 Å². The molecular weight excluding hydrogens is 178 g/mol. The highest BCUT2D eigenvalue weighted by molar-refractivity contribution is 7.99. The lowest BCUT2D eigenvalue weighted by Crippen LogP contribution is -1.99. The molecule has 0 aliphatic carbocycles. The zero-order valence-corrected chi connectivity index (χ0v) is 6.91. The molecule has 0 bridgehead atoms. The summed E-state index contributed by atoms with van der Waals surface area (Å²) in [6, 6.07) is 1.62. The molecule has 6 heteroatoms. The zero-order valence-electron chi connectivity index (χ0n) is 6.10. The average Bonchev–Trinajstić information content (AvgIpc) is 2.01. The van der Waals surface area contributed by atoms with Gasteiger partial charge in [0.05, 0.1) is 5.75 Å². The van der Waals surface area contributed by atoms with Gasteiger partial charge in [-0.15, -0.1) is 0 Å². The van der Waals surface area contributed by atoms with Crippen LogP contribution in [-0.4, -0.2) is 26.8 Å². The number of nitrogen functional groups attached to an aromatic ring is 1. The van der Waals surface area contributed by atoms with E-state index in [1.165, 1.54) is 6.20 Å².